The van der Waals surface area contributed by atoms with Crippen molar-refractivity contribution >= 4 is 22.7 Å². The van der Waals surface area contributed by atoms with Crippen LogP contribution in [0.2, 0.25) is 0 Å². The Morgan fingerprint density at radius 2 is 1.83 bits per heavy atom. The van der Waals surface area contributed by atoms with E-state index in [-0.39, 0.29) is 0 Å². The van der Waals surface area contributed by atoms with Gasteiger partial charge in [0, 0.05) is 36.4 Å². The molecule has 0 saturated carbocycles. The predicted molar refractivity (Wildman–Crippen MR) is 153 cm³/mol. The van der Waals surface area contributed by atoms with Crippen molar-refractivity contribution in [1.82, 2.24) is 19.7 Å². The first-order chi connectivity index (χ1) is 17.4. The zero-order valence-corrected chi connectivity index (χ0v) is 22.1. The van der Waals surface area contributed by atoms with Crippen molar-refractivity contribution in [3.8, 4) is 11.1 Å². The third kappa shape index (κ3) is 6.61. The summed E-state index contributed by atoms with van der Waals surface area (Å²) in [6.45, 7) is 10.6. The number of anilines is 1. The molecule has 1 N–H and O–H groups in total. The molecule has 0 amide bonds. The number of nitrogens with one attached hydrogen (secondary N) is 1. The van der Waals surface area contributed by atoms with Crippen molar-refractivity contribution in [2.45, 2.75) is 39.2 Å². The van der Waals surface area contributed by atoms with E-state index in [1.54, 1.807) is 0 Å². The number of fused-ring (bicyclic) bond motifs is 1. The maximum Gasteiger partial charge on any atom is 0.126 e. The van der Waals surface area contributed by atoms with Gasteiger partial charge in [0.05, 0.1) is 6.20 Å². The maximum atomic E-state index is 4.40. The molecule has 36 heavy (non-hydrogen) atoms. The van der Waals surface area contributed by atoms with Gasteiger partial charge in [0.25, 0.3) is 0 Å². The third-order valence-corrected chi connectivity index (χ3v) is 6.99. The smallest absolute Gasteiger partial charge is 0.126 e. The molecule has 0 bridgehead atoms. The largest absolute Gasteiger partial charge is 0.373 e. The van der Waals surface area contributed by atoms with Crippen LogP contribution in [0.5, 0.6) is 0 Å². The van der Waals surface area contributed by atoms with E-state index < -0.39 is 0 Å². The van der Waals surface area contributed by atoms with E-state index in [4.69, 9.17) is 0 Å². The number of likely N-dealkylation sites (tertiary alicyclic amines) is 1. The molecule has 0 radical (unpaired) electrons. The molecule has 0 unspecified atom stereocenters. The first-order valence-corrected chi connectivity index (χ1v) is 13.0. The topological polar surface area (TPSA) is 46.0 Å². The average molecular weight is 482 g/mol. The first-order valence-electron chi connectivity index (χ1n) is 13.0. The number of benzene rings is 2. The number of hydrogen-bond donors (Lipinski definition) is 1. The molecule has 5 heteroatoms. The fourth-order valence-corrected chi connectivity index (χ4v) is 4.67. The Hall–Kier alpha value is -3.44. The second-order valence-electron chi connectivity index (χ2n) is 10.1. The van der Waals surface area contributed by atoms with Gasteiger partial charge >= 0.3 is 0 Å². The van der Waals surface area contributed by atoms with Gasteiger partial charge in [-0.25, -0.2) is 4.98 Å². The number of aromatic nitrogens is 3. The van der Waals surface area contributed by atoms with E-state index in [0.717, 1.165) is 22.7 Å². The lowest BCUT2D eigenvalue weighted by Crippen LogP contribution is -2.30. The molecule has 3 heterocycles. The Bertz CT molecular complexity index is 1280. The van der Waals surface area contributed by atoms with Crippen LogP contribution in [0, 0.1) is 5.92 Å². The molecular formula is C31H39N5. The molecule has 2 aromatic carbocycles. The molecule has 2 aromatic heterocycles. The molecule has 1 aliphatic heterocycles. The quantitative estimate of drug-likeness (QED) is 0.324. The molecule has 1 aliphatic rings. The summed E-state index contributed by atoms with van der Waals surface area (Å²) < 4.78 is 1.98. The fraction of sp³-hybridized carbons (Fsp3) is 0.355. The van der Waals surface area contributed by atoms with Crippen LogP contribution < -0.4 is 5.32 Å². The lowest BCUT2D eigenvalue weighted by molar-refractivity contribution is 0.219. The zero-order chi connectivity index (χ0) is 25.5. The number of hydrogen-bond acceptors (Lipinski definition) is 4. The summed E-state index contributed by atoms with van der Waals surface area (Å²) in [5.74, 6) is 1.75. The van der Waals surface area contributed by atoms with Crippen LogP contribution in [0.1, 0.15) is 43.9 Å². The van der Waals surface area contributed by atoms with E-state index in [0.29, 0.717) is 6.04 Å². The highest BCUT2D eigenvalue weighted by molar-refractivity contribution is 5.88. The maximum absolute atomic E-state index is 4.40. The van der Waals surface area contributed by atoms with Crippen molar-refractivity contribution < 1.29 is 0 Å². The van der Waals surface area contributed by atoms with Gasteiger partial charge in [0.1, 0.15) is 5.82 Å². The summed E-state index contributed by atoms with van der Waals surface area (Å²) >= 11 is 0. The van der Waals surface area contributed by atoms with Crippen LogP contribution in [-0.2, 0) is 6.42 Å². The van der Waals surface area contributed by atoms with Gasteiger partial charge in [0.2, 0.25) is 0 Å². The normalized spacial score (nSPS) is 14.5. The first kappa shape index (κ1) is 25.6. The van der Waals surface area contributed by atoms with Gasteiger partial charge in [-0.2, -0.15) is 5.10 Å². The monoisotopic (exact) mass is 481 g/mol. The standard InChI is InChI=1S/C16H18N4.C15H21N/c1-11(2)20-10-15(9-19-20)12-4-5-13-8-18-16(17-3)7-14(13)6-12;1-3-13-5-4-6-15(11-13)12-14-7-9-16(2)10-8-14/h4-11H,1-3H3,(H,17,18);3-6,11,14H,1,7-10,12H2,2H3. The Balaban J connectivity index is 0.000000174. The summed E-state index contributed by atoms with van der Waals surface area (Å²) in [4.78, 5) is 6.75. The van der Waals surface area contributed by atoms with Crippen molar-refractivity contribution in [1.29, 1.82) is 0 Å². The fourth-order valence-electron chi connectivity index (χ4n) is 4.67. The third-order valence-electron chi connectivity index (χ3n) is 6.99. The summed E-state index contributed by atoms with van der Waals surface area (Å²) in [5, 5.41) is 9.79. The molecular weight excluding hydrogens is 442 g/mol. The molecule has 1 fully saturated rings. The summed E-state index contributed by atoms with van der Waals surface area (Å²) in [6, 6.07) is 17.6. The van der Waals surface area contributed by atoms with Crippen molar-refractivity contribution in [2.24, 2.45) is 5.92 Å². The van der Waals surface area contributed by atoms with E-state index >= 15 is 0 Å². The minimum absolute atomic E-state index is 0.379. The van der Waals surface area contributed by atoms with Gasteiger partial charge < -0.3 is 10.2 Å². The number of rotatable bonds is 6. The van der Waals surface area contributed by atoms with Gasteiger partial charge in [-0.15, -0.1) is 0 Å². The lowest BCUT2D eigenvalue weighted by atomic mass is 9.90. The zero-order valence-electron chi connectivity index (χ0n) is 22.1. The summed E-state index contributed by atoms with van der Waals surface area (Å²) in [5.41, 5.74) is 5.03. The van der Waals surface area contributed by atoms with E-state index in [9.17, 15) is 0 Å². The number of pyridine rings is 1. The van der Waals surface area contributed by atoms with E-state index in [1.807, 2.05) is 30.2 Å². The molecule has 1 saturated heterocycles. The molecule has 4 aromatic rings. The molecule has 0 spiro atoms. The van der Waals surface area contributed by atoms with Gasteiger partial charge in [-0.1, -0.05) is 49.1 Å². The summed E-state index contributed by atoms with van der Waals surface area (Å²) in [6.07, 6.45) is 11.7. The second-order valence-corrected chi connectivity index (χ2v) is 10.1. The van der Waals surface area contributed by atoms with Crippen LogP contribution in [0.25, 0.3) is 28.0 Å². The van der Waals surface area contributed by atoms with Crippen molar-refractivity contribution in [3.63, 3.8) is 0 Å². The highest BCUT2D eigenvalue weighted by Gasteiger charge is 2.16. The Labute approximate surface area is 215 Å². The Morgan fingerprint density at radius 1 is 1.03 bits per heavy atom. The van der Waals surface area contributed by atoms with E-state index in [1.165, 1.54) is 54.4 Å². The van der Waals surface area contributed by atoms with Crippen LogP contribution >= 0.6 is 0 Å². The number of nitrogens with zero attached hydrogens (tertiary/aromatic N) is 4. The Kier molecular flexibility index (Phi) is 8.55. The molecule has 5 rings (SSSR count). The van der Waals surface area contributed by atoms with Crippen molar-refractivity contribution in [2.75, 3.05) is 32.5 Å². The highest BCUT2D eigenvalue weighted by atomic mass is 15.3. The molecule has 5 nitrogen and oxygen atoms in total. The van der Waals surface area contributed by atoms with Gasteiger partial charge in [-0.05, 0) is 93.4 Å². The van der Waals surface area contributed by atoms with Gasteiger partial charge in [0.15, 0.2) is 0 Å². The Morgan fingerprint density at radius 3 is 2.53 bits per heavy atom. The minimum atomic E-state index is 0.379. The second kappa shape index (κ2) is 12.0. The molecule has 0 atom stereocenters. The average Bonchev–Trinajstić information content (AvgIpc) is 3.41. The van der Waals surface area contributed by atoms with Crippen LogP contribution in [0.3, 0.4) is 0 Å². The predicted octanol–water partition coefficient (Wildman–Crippen LogP) is 6.93. The highest BCUT2D eigenvalue weighted by Crippen LogP contribution is 2.26. The lowest BCUT2D eigenvalue weighted by Gasteiger charge is -2.29. The van der Waals surface area contributed by atoms with Crippen LogP contribution in [0.15, 0.2) is 73.7 Å². The minimum Gasteiger partial charge on any atom is -0.373 e. The van der Waals surface area contributed by atoms with Crippen LogP contribution in [0.4, 0.5) is 5.82 Å². The SMILES string of the molecule is C=Cc1cccc(CC2CCN(C)CC2)c1.CNc1cc2cc(-c3cnn(C(C)C)c3)ccc2cn1. The number of piperidine rings is 1. The van der Waals surface area contributed by atoms with E-state index in [2.05, 4.69) is 103 Å². The van der Waals surface area contributed by atoms with Crippen molar-refractivity contribution in [3.05, 3.63) is 84.8 Å². The molecule has 188 valence electrons. The summed E-state index contributed by atoms with van der Waals surface area (Å²) in [7, 11) is 4.10. The van der Waals surface area contributed by atoms with Gasteiger partial charge in [-0.3, -0.25) is 4.68 Å². The molecule has 0 aliphatic carbocycles. The van der Waals surface area contributed by atoms with Crippen LogP contribution in [-0.4, -0.2) is 46.8 Å².